The molecule has 4 heteroatoms. The standard InChI is InChI=1S/C23H38O4/c1-15(24)27-20-9-8-18-17-7-6-16-14-23(25-4,26-5)13-12-21(16,2)19(17)10-11-22(18,20)3/h16-20H,6-14H2,1-5H3/t16-,17-,18-,19+,20-,21-,22-/m0/s1. The van der Waals surface area contributed by atoms with Gasteiger partial charge >= 0.3 is 5.97 Å². The molecule has 154 valence electrons. The normalized spacial score (nSPS) is 48.3. The van der Waals surface area contributed by atoms with Crippen molar-refractivity contribution in [1.82, 2.24) is 0 Å². The molecule has 0 spiro atoms. The van der Waals surface area contributed by atoms with Crippen LogP contribution in [0.1, 0.15) is 78.6 Å². The van der Waals surface area contributed by atoms with Crippen molar-refractivity contribution in [2.24, 2.45) is 34.5 Å². The first-order chi connectivity index (χ1) is 12.8. The molecule has 4 nitrogen and oxygen atoms in total. The summed E-state index contributed by atoms with van der Waals surface area (Å²) in [7, 11) is 3.61. The van der Waals surface area contributed by atoms with E-state index in [1.165, 1.54) is 38.5 Å². The number of ether oxygens (including phenoxy) is 3. The first-order valence-electron chi connectivity index (χ1n) is 11.1. The molecule has 0 bridgehead atoms. The van der Waals surface area contributed by atoms with Gasteiger partial charge in [-0.15, -0.1) is 0 Å². The van der Waals surface area contributed by atoms with Gasteiger partial charge < -0.3 is 14.2 Å². The molecular formula is C23H38O4. The number of carbonyl (C=O) groups is 1. The fourth-order valence-corrected chi connectivity index (χ4v) is 8.00. The average Bonchev–Trinajstić information content (AvgIpc) is 2.97. The zero-order valence-corrected chi connectivity index (χ0v) is 17.9. The number of methoxy groups -OCH3 is 2. The molecule has 0 saturated heterocycles. The Bertz CT molecular complexity index is 585. The van der Waals surface area contributed by atoms with Gasteiger partial charge in [-0.2, -0.15) is 0 Å². The Morgan fingerprint density at radius 3 is 2.22 bits per heavy atom. The molecule has 0 aromatic heterocycles. The highest BCUT2D eigenvalue weighted by molar-refractivity contribution is 5.66. The van der Waals surface area contributed by atoms with Gasteiger partial charge in [0.2, 0.25) is 0 Å². The second-order valence-corrected chi connectivity index (χ2v) is 10.4. The van der Waals surface area contributed by atoms with Crippen molar-refractivity contribution in [3.05, 3.63) is 0 Å². The summed E-state index contributed by atoms with van der Waals surface area (Å²) in [5, 5.41) is 0. The monoisotopic (exact) mass is 378 g/mol. The molecule has 0 amide bonds. The van der Waals surface area contributed by atoms with Gasteiger partial charge in [-0.1, -0.05) is 13.8 Å². The Labute approximate surface area is 164 Å². The van der Waals surface area contributed by atoms with Crippen LogP contribution in [0.4, 0.5) is 0 Å². The van der Waals surface area contributed by atoms with Crippen molar-refractivity contribution in [2.45, 2.75) is 90.4 Å². The predicted octanol–water partition coefficient (Wildman–Crippen LogP) is 4.95. The van der Waals surface area contributed by atoms with E-state index in [-0.39, 0.29) is 23.3 Å². The minimum Gasteiger partial charge on any atom is -0.462 e. The molecule has 0 aromatic rings. The van der Waals surface area contributed by atoms with Crippen LogP contribution in [0.3, 0.4) is 0 Å². The lowest BCUT2D eigenvalue weighted by Gasteiger charge is -2.62. The zero-order valence-electron chi connectivity index (χ0n) is 17.9. The number of fused-ring (bicyclic) bond motifs is 5. The second kappa shape index (κ2) is 6.73. The summed E-state index contributed by atoms with van der Waals surface area (Å²) in [5.41, 5.74) is 0.595. The summed E-state index contributed by atoms with van der Waals surface area (Å²) in [6.07, 6.45) is 10.8. The summed E-state index contributed by atoms with van der Waals surface area (Å²) in [6, 6.07) is 0. The number of carbonyl (C=O) groups excluding carboxylic acids is 1. The van der Waals surface area contributed by atoms with Crippen LogP contribution in [0.2, 0.25) is 0 Å². The van der Waals surface area contributed by atoms with Crippen molar-refractivity contribution in [1.29, 1.82) is 0 Å². The van der Waals surface area contributed by atoms with E-state index in [9.17, 15) is 4.79 Å². The van der Waals surface area contributed by atoms with Crippen LogP contribution in [0.25, 0.3) is 0 Å². The summed E-state index contributed by atoms with van der Waals surface area (Å²) in [5.74, 6) is 2.54. The summed E-state index contributed by atoms with van der Waals surface area (Å²) in [6.45, 7) is 6.53. The minimum absolute atomic E-state index is 0.109. The van der Waals surface area contributed by atoms with Crippen LogP contribution in [-0.4, -0.2) is 32.1 Å². The van der Waals surface area contributed by atoms with Gasteiger partial charge in [0.1, 0.15) is 6.10 Å². The predicted molar refractivity (Wildman–Crippen MR) is 104 cm³/mol. The van der Waals surface area contributed by atoms with E-state index < -0.39 is 0 Å². The van der Waals surface area contributed by atoms with Crippen LogP contribution in [-0.2, 0) is 19.0 Å². The van der Waals surface area contributed by atoms with Crippen molar-refractivity contribution >= 4 is 5.97 Å². The van der Waals surface area contributed by atoms with Gasteiger partial charge in [0.25, 0.3) is 0 Å². The maximum absolute atomic E-state index is 11.6. The van der Waals surface area contributed by atoms with Crippen molar-refractivity contribution in [3.63, 3.8) is 0 Å². The van der Waals surface area contributed by atoms with Gasteiger partial charge in [0.05, 0.1) is 0 Å². The maximum atomic E-state index is 11.6. The SMILES string of the molecule is COC1(OC)CC[C@@]2(C)[C@@H](CC[C@@H]3[C@H]2CC[C@]2(C)[C@@H](OC(C)=O)CC[C@@H]32)C1. The molecule has 4 saturated carbocycles. The Balaban J connectivity index is 1.55. The molecule has 4 aliphatic rings. The Kier molecular flexibility index (Phi) is 4.91. The highest BCUT2D eigenvalue weighted by Gasteiger charge is 2.62. The lowest BCUT2D eigenvalue weighted by molar-refractivity contribution is -0.261. The third-order valence-electron chi connectivity index (χ3n) is 9.63. The summed E-state index contributed by atoms with van der Waals surface area (Å²) < 4.78 is 17.4. The number of rotatable bonds is 3. The highest BCUT2D eigenvalue weighted by Crippen LogP contribution is 2.67. The summed E-state index contributed by atoms with van der Waals surface area (Å²) >= 11 is 0. The molecule has 4 rings (SSSR count). The van der Waals surface area contributed by atoms with E-state index in [4.69, 9.17) is 14.2 Å². The van der Waals surface area contributed by atoms with Crippen LogP contribution < -0.4 is 0 Å². The molecule has 0 aliphatic heterocycles. The lowest BCUT2D eigenvalue weighted by atomic mass is 9.45. The van der Waals surface area contributed by atoms with Gasteiger partial charge in [0.15, 0.2) is 5.79 Å². The second-order valence-electron chi connectivity index (χ2n) is 10.4. The molecule has 0 aromatic carbocycles. The molecule has 7 atom stereocenters. The number of hydrogen-bond donors (Lipinski definition) is 0. The van der Waals surface area contributed by atoms with E-state index >= 15 is 0 Å². The zero-order chi connectivity index (χ0) is 19.4. The third kappa shape index (κ3) is 2.88. The van der Waals surface area contributed by atoms with Crippen molar-refractivity contribution < 1.29 is 19.0 Å². The Morgan fingerprint density at radius 1 is 0.852 bits per heavy atom. The highest BCUT2D eigenvalue weighted by atomic mass is 16.7. The fourth-order valence-electron chi connectivity index (χ4n) is 8.00. The van der Waals surface area contributed by atoms with Crippen molar-refractivity contribution in [3.8, 4) is 0 Å². The van der Waals surface area contributed by atoms with E-state index in [1.807, 2.05) is 0 Å². The van der Waals surface area contributed by atoms with Crippen LogP contribution in [0, 0.1) is 34.5 Å². The fraction of sp³-hybridized carbons (Fsp3) is 0.957. The lowest BCUT2D eigenvalue weighted by Crippen LogP contribution is -2.57. The molecule has 4 aliphatic carbocycles. The van der Waals surface area contributed by atoms with Crippen LogP contribution in [0.15, 0.2) is 0 Å². The van der Waals surface area contributed by atoms with Crippen molar-refractivity contribution in [2.75, 3.05) is 14.2 Å². The van der Waals surface area contributed by atoms with E-state index in [1.54, 1.807) is 21.1 Å². The Hall–Kier alpha value is -0.610. The maximum Gasteiger partial charge on any atom is 0.302 e. The molecular weight excluding hydrogens is 340 g/mol. The third-order valence-corrected chi connectivity index (χ3v) is 9.63. The number of hydrogen-bond acceptors (Lipinski definition) is 4. The molecule has 4 fully saturated rings. The molecule has 0 unspecified atom stereocenters. The minimum atomic E-state index is -0.367. The topological polar surface area (TPSA) is 44.8 Å². The van der Waals surface area contributed by atoms with Crippen LogP contribution in [0.5, 0.6) is 0 Å². The first-order valence-corrected chi connectivity index (χ1v) is 11.1. The van der Waals surface area contributed by atoms with Gasteiger partial charge in [-0.25, -0.2) is 0 Å². The van der Waals surface area contributed by atoms with Gasteiger partial charge in [0, 0.05) is 39.4 Å². The van der Waals surface area contributed by atoms with Gasteiger partial charge in [-0.05, 0) is 74.0 Å². The molecule has 27 heavy (non-hydrogen) atoms. The van der Waals surface area contributed by atoms with E-state index in [2.05, 4.69) is 13.8 Å². The number of esters is 1. The molecule has 0 heterocycles. The van der Waals surface area contributed by atoms with Crippen LogP contribution >= 0.6 is 0 Å². The van der Waals surface area contributed by atoms with E-state index in [0.29, 0.717) is 11.3 Å². The first kappa shape index (κ1) is 19.7. The Morgan fingerprint density at radius 2 is 1.56 bits per heavy atom. The average molecular weight is 379 g/mol. The summed E-state index contributed by atoms with van der Waals surface area (Å²) in [4.78, 5) is 11.6. The van der Waals surface area contributed by atoms with Gasteiger partial charge in [-0.3, -0.25) is 4.79 Å². The molecule has 0 N–H and O–H groups in total. The smallest absolute Gasteiger partial charge is 0.302 e. The largest absolute Gasteiger partial charge is 0.462 e. The van der Waals surface area contributed by atoms with E-state index in [0.717, 1.165) is 37.0 Å². The quantitative estimate of drug-likeness (QED) is 0.515. The molecule has 0 radical (unpaired) electrons.